The van der Waals surface area contributed by atoms with Gasteiger partial charge < -0.3 is 35.1 Å². The lowest BCUT2D eigenvalue weighted by molar-refractivity contribution is -0.150. The molecule has 4 rings (SSSR count). The molecule has 1 fully saturated rings. The lowest BCUT2D eigenvalue weighted by Crippen LogP contribution is -2.56. The van der Waals surface area contributed by atoms with Crippen molar-refractivity contribution in [2.24, 2.45) is 11.8 Å². The smallest absolute Gasteiger partial charge is 0.235 e. The molecule has 3 aromatic rings. The number of nitrogens with one attached hydrogen (secondary N) is 2. The van der Waals surface area contributed by atoms with Crippen molar-refractivity contribution in [3.8, 4) is 23.0 Å². The van der Waals surface area contributed by atoms with Crippen molar-refractivity contribution in [2.75, 3.05) is 31.0 Å². The molecule has 3 aromatic carbocycles. The number of ketones is 1. The van der Waals surface area contributed by atoms with Gasteiger partial charge in [-0.3, -0.25) is 14.4 Å². The van der Waals surface area contributed by atoms with Crippen LogP contribution in [-0.2, 0) is 14.4 Å². The van der Waals surface area contributed by atoms with Gasteiger partial charge in [-0.25, -0.2) is 0 Å². The Labute approximate surface area is 258 Å². The normalized spacial score (nSPS) is 21.5. The van der Waals surface area contributed by atoms with Crippen LogP contribution in [0.4, 0.5) is 11.4 Å². The Morgan fingerprint density at radius 2 is 1.47 bits per heavy atom. The van der Waals surface area contributed by atoms with Crippen molar-refractivity contribution in [1.29, 1.82) is 0 Å². The quantitative estimate of drug-likeness (QED) is 0.216. The lowest BCUT2D eigenvalue weighted by Gasteiger charge is -2.44. The van der Waals surface area contributed by atoms with Crippen LogP contribution in [0.2, 0.25) is 0 Å². The average Bonchev–Trinajstić information content (AvgIpc) is 2.95. The molecular weight excluding hydrogens is 620 g/mol. The van der Waals surface area contributed by atoms with E-state index in [1.807, 2.05) is 13.8 Å². The lowest BCUT2D eigenvalue weighted by atomic mass is 9.61. The number of phenolic OH excluding ortho intramolecular Hbond substituents is 1. The third-order valence-corrected chi connectivity index (χ3v) is 7.98. The monoisotopic (exact) mass is 654 g/mol. The summed E-state index contributed by atoms with van der Waals surface area (Å²) in [4.78, 5) is 41.8. The highest BCUT2D eigenvalue weighted by Crippen LogP contribution is 2.49. The van der Waals surface area contributed by atoms with Crippen molar-refractivity contribution in [2.45, 2.75) is 38.7 Å². The number of para-hydroxylation sites is 4. The second-order valence-corrected chi connectivity index (χ2v) is 11.2. The first-order chi connectivity index (χ1) is 20.5. The van der Waals surface area contributed by atoms with Crippen LogP contribution in [0.1, 0.15) is 38.7 Å². The number of amides is 2. The molecule has 11 heteroatoms. The molecule has 4 unspecified atom stereocenters. The molecule has 10 nitrogen and oxygen atoms in total. The van der Waals surface area contributed by atoms with Gasteiger partial charge in [-0.1, -0.05) is 24.3 Å². The zero-order valence-corrected chi connectivity index (χ0v) is 25.9. The van der Waals surface area contributed by atoms with Gasteiger partial charge in [-0.15, -0.1) is 0 Å². The summed E-state index contributed by atoms with van der Waals surface area (Å²) in [7, 11) is 1.36. The van der Waals surface area contributed by atoms with Gasteiger partial charge in [0.15, 0.2) is 11.5 Å². The van der Waals surface area contributed by atoms with E-state index in [2.05, 4.69) is 26.6 Å². The Hall–Kier alpha value is -4.09. The fraction of sp³-hybridized carbons (Fsp3) is 0.344. The Kier molecular flexibility index (Phi) is 9.98. The van der Waals surface area contributed by atoms with Crippen LogP contribution in [0.3, 0.4) is 0 Å². The molecule has 43 heavy (non-hydrogen) atoms. The van der Waals surface area contributed by atoms with Crippen molar-refractivity contribution in [1.82, 2.24) is 0 Å². The maximum atomic E-state index is 14.1. The van der Waals surface area contributed by atoms with Gasteiger partial charge in [0.1, 0.15) is 23.2 Å². The molecule has 0 bridgehead atoms. The molecule has 2 amide bonds. The average molecular weight is 656 g/mol. The number of methoxy groups -OCH3 is 1. The number of carbonyl (C=O) groups excluding carboxylic acids is 3. The second-order valence-electron chi connectivity index (χ2n) is 10.4. The Morgan fingerprint density at radius 3 is 2.00 bits per heavy atom. The fourth-order valence-electron chi connectivity index (χ4n) is 5.56. The number of halogens is 1. The van der Waals surface area contributed by atoms with Crippen molar-refractivity contribution in [3.05, 3.63) is 70.7 Å². The van der Waals surface area contributed by atoms with Crippen molar-refractivity contribution >= 4 is 44.9 Å². The van der Waals surface area contributed by atoms with Gasteiger partial charge in [0.05, 0.1) is 47.7 Å². The third-order valence-electron chi connectivity index (χ3n) is 7.38. The van der Waals surface area contributed by atoms with E-state index in [4.69, 9.17) is 14.2 Å². The van der Waals surface area contributed by atoms with E-state index in [0.29, 0.717) is 41.7 Å². The molecule has 0 radical (unpaired) electrons. The van der Waals surface area contributed by atoms with Crippen molar-refractivity contribution in [3.63, 3.8) is 0 Å². The minimum absolute atomic E-state index is 0.0590. The number of anilines is 2. The number of ether oxygens (including phenoxy) is 3. The largest absolute Gasteiger partial charge is 0.503 e. The highest BCUT2D eigenvalue weighted by molar-refractivity contribution is 9.10. The number of aromatic hydroxyl groups is 1. The van der Waals surface area contributed by atoms with E-state index in [1.54, 1.807) is 48.5 Å². The highest BCUT2D eigenvalue weighted by atomic mass is 79.9. The maximum Gasteiger partial charge on any atom is 0.235 e. The molecule has 0 saturated heterocycles. The van der Waals surface area contributed by atoms with Crippen LogP contribution in [0.25, 0.3) is 0 Å². The van der Waals surface area contributed by atoms with Gasteiger partial charge in [0.2, 0.25) is 11.8 Å². The van der Waals surface area contributed by atoms with Crippen LogP contribution < -0.4 is 24.8 Å². The topological polar surface area (TPSA) is 143 Å². The summed E-state index contributed by atoms with van der Waals surface area (Å²) in [6, 6.07) is 16.6. The number of rotatable bonds is 10. The number of hydrogen-bond acceptors (Lipinski definition) is 8. The van der Waals surface area contributed by atoms with Gasteiger partial charge >= 0.3 is 0 Å². The zero-order valence-electron chi connectivity index (χ0n) is 24.3. The number of benzene rings is 3. The molecule has 4 atom stereocenters. The maximum absolute atomic E-state index is 14.1. The number of phenols is 1. The Balaban J connectivity index is 1.84. The van der Waals surface area contributed by atoms with E-state index in [0.717, 1.165) is 0 Å². The minimum atomic E-state index is -1.84. The number of hydrogen-bond donors (Lipinski definition) is 4. The Morgan fingerprint density at radius 1 is 0.930 bits per heavy atom. The van der Waals surface area contributed by atoms with Crippen molar-refractivity contribution < 1.29 is 38.8 Å². The predicted molar refractivity (Wildman–Crippen MR) is 165 cm³/mol. The van der Waals surface area contributed by atoms with E-state index in [1.165, 1.54) is 26.2 Å². The first-order valence-corrected chi connectivity index (χ1v) is 14.7. The third kappa shape index (κ3) is 6.78. The molecule has 0 spiro atoms. The SMILES string of the molecule is CCOc1ccccc1NC(=O)C1C(=O)CC(C)(O)C(C(=O)Nc2ccccc2OCC)C1c1cc(Br)c(O)c(OC)c1. The zero-order chi connectivity index (χ0) is 31.3. The van der Waals surface area contributed by atoms with Gasteiger partial charge in [0, 0.05) is 12.3 Å². The molecule has 4 N–H and O–H groups in total. The summed E-state index contributed by atoms with van der Waals surface area (Å²) >= 11 is 3.31. The van der Waals surface area contributed by atoms with E-state index >= 15 is 0 Å². The summed E-state index contributed by atoms with van der Waals surface area (Å²) in [5.41, 5.74) is -0.790. The van der Waals surface area contributed by atoms with Crippen LogP contribution in [0.5, 0.6) is 23.0 Å². The van der Waals surface area contributed by atoms with Crippen LogP contribution >= 0.6 is 15.9 Å². The first-order valence-electron chi connectivity index (χ1n) is 13.9. The molecule has 228 valence electrons. The summed E-state index contributed by atoms with van der Waals surface area (Å²) < 4.78 is 16.9. The molecular formula is C32H35BrN2O8. The standard InChI is InChI=1S/C32H35BrN2O8/c1-5-42-23-13-9-7-11-20(23)34-30(38)27-22(36)17-32(3,40)28(26(27)18-15-19(33)29(37)25(16-18)41-4)31(39)35-21-12-8-10-14-24(21)43-6-2/h7-16,26-28,37,40H,5-6,17H2,1-4H3,(H,34,38)(H,35,39). The highest BCUT2D eigenvalue weighted by Gasteiger charge is 2.56. The number of aliphatic hydroxyl groups is 1. The molecule has 0 heterocycles. The van der Waals surface area contributed by atoms with Gasteiger partial charge in [0.25, 0.3) is 0 Å². The Bertz CT molecular complexity index is 1510. The predicted octanol–water partition coefficient (Wildman–Crippen LogP) is 5.28. The van der Waals surface area contributed by atoms with Crippen LogP contribution in [0.15, 0.2) is 65.1 Å². The molecule has 0 aliphatic heterocycles. The number of carbonyl (C=O) groups is 3. The number of Topliss-reactive ketones (excluding diaryl/α,β-unsaturated/α-hetero) is 1. The molecule has 1 aliphatic rings. The molecule has 0 aromatic heterocycles. The minimum Gasteiger partial charge on any atom is -0.503 e. The van der Waals surface area contributed by atoms with Crippen LogP contribution in [-0.4, -0.2) is 53.7 Å². The molecule has 1 saturated carbocycles. The summed E-state index contributed by atoms with van der Waals surface area (Å²) in [5.74, 6) is -4.99. The fourth-order valence-corrected chi connectivity index (χ4v) is 6.02. The summed E-state index contributed by atoms with van der Waals surface area (Å²) in [6.07, 6.45) is -0.448. The second kappa shape index (κ2) is 13.5. The first kappa shape index (κ1) is 31.8. The summed E-state index contributed by atoms with van der Waals surface area (Å²) in [6.45, 7) is 5.74. The van der Waals surface area contributed by atoms with Gasteiger partial charge in [-0.05, 0) is 78.7 Å². The summed E-state index contributed by atoms with van der Waals surface area (Å²) in [5, 5.41) is 27.8. The van der Waals surface area contributed by atoms with Gasteiger partial charge in [-0.2, -0.15) is 0 Å². The van der Waals surface area contributed by atoms with E-state index in [-0.39, 0.29) is 16.0 Å². The molecule has 1 aliphatic carbocycles. The van der Waals surface area contributed by atoms with Crippen LogP contribution in [0, 0.1) is 11.8 Å². The van der Waals surface area contributed by atoms with E-state index < -0.39 is 47.4 Å². The van der Waals surface area contributed by atoms with E-state index in [9.17, 15) is 24.6 Å².